The maximum absolute atomic E-state index is 13.6. The molecule has 2 aromatic carbocycles. The predicted octanol–water partition coefficient (Wildman–Crippen LogP) is 3.31. The summed E-state index contributed by atoms with van der Waals surface area (Å²) in [5, 5.41) is 0. The Balaban J connectivity index is 2.33. The van der Waals surface area contributed by atoms with Gasteiger partial charge in [0.25, 0.3) is 0 Å². The van der Waals surface area contributed by atoms with E-state index in [1.807, 2.05) is 0 Å². The monoisotopic (exact) mass is 368 g/mol. The molecule has 5 nitrogen and oxygen atoms in total. The van der Waals surface area contributed by atoms with E-state index in [0.717, 1.165) is 31.6 Å². The molecular weight excluding hydrogens is 354 g/mol. The van der Waals surface area contributed by atoms with Crippen molar-refractivity contribution in [1.29, 1.82) is 0 Å². The Hall–Kier alpha value is -2.74. The molecule has 8 heteroatoms. The molecule has 0 fully saturated rings. The normalized spacial score (nSPS) is 11.9. The van der Waals surface area contributed by atoms with E-state index >= 15 is 0 Å². The number of rotatable bonds is 5. The van der Waals surface area contributed by atoms with Gasteiger partial charge in [0.05, 0.1) is 4.90 Å². The number of hydrogen-bond donors (Lipinski definition) is 0. The van der Waals surface area contributed by atoms with Crippen LogP contribution >= 0.6 is 0 Å². The topological polar surface area (TPSA) is 69.7 Å². The Morgan fingerprint density at radius 3 is 2.24 bits per heavy atom. The summed E-state index contributed by atoms with van der Waals surface area (Å²) in [4.78, 5) is 11.3. The molecule has 0 N–H and O–H groups in total. The van der Waals surface area contributed by atoms with Gasteiger partial charge < -0.3 is 9.47 Å². The molecule has 2 rings (SSSR count). The molecule has 0 amide bonds. The minimum absolute atomic E-state index is 0.0590. The zero-order valence-corrected chi connectivity index (χ0v) is 14.1. The predicted molar refractivity (Wildman–Crippen MR) is 86.3 cm³/mol. The summed E-state index contributed by atoms with van der Waals surface area (Å²) in [6.07, 6.45) is 2.04. The lowest BCUT2D eigenvalue weighted by Gasteiger charge is -2.09. The van der Waals surface area contributed by atoms with Crippen molar-refractivity contribution in [3.63, 3.8) is 0 Å². The Labute approximate surface area is 143 Å². The van der Waals surface area contributed by atoms with Gasteiger partial charge in [0.15, 0.2) is 27.2 Å². The van der Waals surface area contributed by atoms with Gasteiger partial charge in [-0.05, 0) is 36.4 Å². The second-order valence-corrected chi connectivity index (χ2v) is 7.08. The highest BCUT2D eigenvalue weighted by atomic mass is 32.2. The molecule has 0 atom stereocenters. The van der Waals surface area contributed by atoms with E-state index in [0.29, 0.717) is 11.6 Å². The summed E-state index contributed by atoms with van der Waals surface area (Å²) in [5.41, 5.74) is 0.338. The lowest BCUT2D eigenvalue weighted by Crippen LogP contribution is -2.02. The molecule has 0 spiro atoms. The first-order valence-corrected chi connectivity index (χ1v) is 8.87. The molecule has 2 aromatic rings. The van der Waals surface area contributed by atoms with Crippen LogP contribution in [0.5, 0.6) is 5.75 Å². The fourth-order valence-corrected chi connectivity index (χ4v) is 2.49. The molecular formula is C17H14F2O5S. The molecule has 0 unspecified atom stereocenters. The van der Waals surface area contributed by atoms with E-state index in [1.54, 1.807) is 0 Å². The van der Waals surface area contributed by atoms with Crippen LogP contribution in [0.15, 0.2) is 53.6 Å². The maximum Gasteiger partial charge on any atom is 0.308 e. The smallest absolute Gasteiger partial charge is 0.308 e. The standard InChI is InChI=1S/C17H14F2O5S/c1-11(20)24-17(10-23-16-8-5-13(18)9-15(16)19)12-3-6-14(7-4-12)25(2,21)22/h3-10H,1-2H3. The number of carbonyl (C=O) groups excluding carboxylic acids is 1. The van der Waals surface area contributed by atoms with Crippen molar-refractivity contribution in [3.05, 3.63) is 65.9 Å². The molecule has 0 aliphatic carbocycles. The van der Waals surface area contributed by atoms with Gasteiger partial charge >= 0.3 is 5.97 Å². The lowest BCUT2D eigenvalue weighted by molar-refractivity contribution is -0.134. The Morgan fingerprint density at radius 1 is 1.08 bits per heavy atom. The van der Waals surface area contributed by atoms with Crippen LogP contribution in [0.4, 0.5) is 8.78 Å². The number of esters is 1. The third-order valence-electron chi connectivity index (χ3n) is 3.01. The lowest BCUT2D eigenvalue weighted by atomic mass is 10.2. The minimum Gasteiger partial charge on any atom is -0.458 e. The van der Waals surface area contributed by atoms with Gasteiger partial charge in [0.1, 0.15) is 12.1 Å². The number of sulfone groups is 1. The fraction of sp³-hybridized carbons (Fsp3) is 0.118. The van der Waals surface area contributed by atoms with Crippen molar-refractivity contribution in [2.24, 2.45) is 0 Å². The van der Waals surface area contributed by atoms with Crippen LogP contribution in [0.25, 0.3) is 5.76 Å². The van der Waals surface area contributed by atoms with Gasteiger partial charge in [0.2, 0.25) is 0 Å². The molecule has 0 aliphatic heterocycles. The molecule has 0 radical (unpaired) electrons. The molecule has 25 heavy (non-hydrogen) atoms. The molecule has 0 heterocycles. The van der Waals surface area contributed by atoms with E-state index in [-0.39, 0.29) is 16.4 Å². The van der Waals surface area contributed by atoms with Crippen LogP contribution in [-0.2, 0) is 19.4 Å². The average molecular weight is 368 g/mol. The number of benzene rings is 2. The van der Waals surface area contributed by atoms with Crippen molar-refractivity contribution in [2.75, 3.05) is 6.26 Å². The summed E-state index contributed by atoms with van der Waals surface area (Å²) in [7, 11) is -3.38. The van der Waals surface area contributed by atoms with Crippen molar-refractivity contribution in [2.45, 2.75) is 11.8 Å². The molecule has 132 valence electrons. The first-order chi connectivity index (χ1) is 11.7. The van der Waals surface area contributed by atoms with Gasteiger partial charge in [-0.15, -0.1) is 0 Å². The van der Waals surface area contributed by atoms with Crippen molar-refractivity contribution < 1.29 is 31.5 Å². The number of ether oxygens (including phenoxy) is 2. The van der Waals surface area contributed by atoms with Crippen LogP contribution in [0.3, 0.4) is 0 Å². The van der Waals surface area contributed by atoms with E-state index in [1.165, 1.54) is 24.3 Å². The average Bonchev–Trinajstić information content (AvgIpc) is 2.52. The van der Waals surface area contributed by atoms with Crippen LogP contribution in [0, 0.1) is 11.6 Å². The number of hydrogen-bond acceptors (Lipinski definition) is 5. The van der Waals surface area contributed by atoms with Gasteiger partial charge in [-0.2, -0.15) is 0 Å². The Bertz CT molecular complexity index is 919. The summed E-state index contributed by atoms with van der Waals surface area (Å²) in [5.74, 6) is -2.66. The van der Waals surface area contributed by atoms with E-state index in [9.17, 15) is 22.0 Å². The summed E-state index contributed by atoms with van der Waals surface area (Å²) in [6.45, 7) is 1.16. The third kappa shape index (κ3) is 5.12. The Morgan fingerprint density at radius 2 is 1.72 bits per heavy atom. The summed E-state index contributed by atoms with van der Waals surface area (Å²) in [6, 6.07) is 8.24. The van der Waals surface area contributed by atoms with Gasteiger partial charge in [-0.3, -0.25) is 4.79 Å². The number of halogens is 2. The van der Waals surface area contributed by atoms with Gasteiger partial charge in [-0.25, -0.2) is 17.2 Å². The fourth-order valence-electron chi connectivity index (χ4n) is 1.86. The molecule has 0 bridgehead atoms. The highest BCUT2D eigenvalue weighted by Gasteiger charge is 2.12. The van der Waals surface area contributed by atoms with Crippen LogP contribution < -0.4 is 4.74 Å². The quantitative estimate of drug-likeness (QED) is 0.598. The Kier molecular flexibility index (Phi) is 5.53. The van der Waals surface area contributed by atoms with Crippen LogP contribution in [0.2, 0.25) is 0 Å². The minimum atomic E-state index is -3.38. The maximum atomic E-state index is 13.6. The van der Waals surface area contributed by atoms with E-state index < -0.39 is 27.4 Å². The van der Waals surface area contributed by atoms with Crippen molar-refractivity contribution in [1.82, 2.24) is 0 Å². The highest BCUT2D eigenvalue weighted by Crippen LogP contribution is 2.22. The highest BCUT2D eigenvalue weighted by molar-refractivity contribution is 7.90. The van der Waals surface area contributed by atoms with Gasteiger partial charge in [-0.1, -0.05) is 0 Å². The first kappa shape index (κ1) is 18.6. The first-order valence-electron chi connectivity index (χ1n) is 6.97. The van der Waals surface area contributed by atoms with E-state index in [4.69, 9.17) is 9.47 Å². The second kappa shape index (κ2) is 7.43. The third-order valence-corrected chi connectivity index (χ3v) is 4.14. The molecule has 0 saturated carbocycles. The summed E-state index contributed by atoms with van der Waals surface area (Å²) < 4.78 is 59.5. The van der Waals surface area contributed by atoms with Crippen molar-refractivity contribution in [3.8, 4) is 5.75 Å². The summed E-state index contributed by atoms with van der Waals surface area (Å²) >= 11 is 0. The molecule has 0 aromatic heterocycles. The molecule has 0 saturated heterocycles. The zero-order valence-electron chi connectivity index (χ0n) is 13.3. The van der Waals surface area contributed by atoms with Crippen molar-refractivity contribution >= 4 is 21.6 Å². The SMILES string of the molecule is CC(=O)OC(=COc1ccc(F)cc1F)c1ccc(S(C)(=O)=O)cc1. The van der Waals surface area contributed by atoms with Crippen LogP contribution in [0.1, 0.15) is 12.5 Å². The second-order valence-electron chi connectivity index (χ2n) is 5.06. The van der Waals surface area contributed by atoms with Gasteiger partial charge in [0, 0.05) is 24.8 Å². The zero-order chi connectivity index (χ0) is 18.6. The van der Waals surface area contributed by atoms with Crippen LogP contribution in [-0.4, -0.2) is 20.6 Å². The largest absolute Gasteiger partial charge is 0.458 e. The van der Waals surface area contributed by atoms with E-state index in [2.05, 4.69) is 0 Å². The number of carbonyl (C=O) groups is 1. The molecule has 0 aliphatic rings.